The SMILES string of the molecule is OC1C2CCCC1CC(F)(F)C2. The molecule has 70 valence electrons. The molecular formula is C9H14F2O. The van der Waals surface area contributed by atoms with Gasteiger partial charge in [0.15, 0.2) is 0 Å². The quantitative estimate of drug-likeness (QED) is 0.599. The molecule has 0 amide bonds. The fourth-order valence-corrected chi connectivity index (χ4v) is 2.66. The molecule has 1 N–H and O–H groups in total. The lowest BCUT2D eigenvalue weighted by Crippen LogP contribution is -2.45. The summed E-state index contributed by atoms with van der Waals surface area (Å²) in [6.45, 7) is 0. The van der Waals surface area contributed by atoms with Gasteiger partial charge in [0.2, 0.25) is 5.92 Å². The Balaban J connectivity index is 2.12. The van der Waals surface area contributed by atoms with Crippen molar-refractivity contribution in [1.29, 1.82) is 0 Å². The van der Waals surface area contributed by atoms with Crippen LogP contribution in [-0.4, -0.2) is 17.1 Å². The largest absolute Gasteiger partial charge is 0.393 e. The van der Waals surface area contributed by atoms with Gasteiger partial charge in [0.05, 0.1) is 6.10 Å². The lowest BCUT2D eigenvalue weighted by atomic mass is 9.68. The number of hydrogen-bond acceptors (Lipinski definition) is 1. The second kappa shape index (κ2) is 2.66. The van der Waals surface area contributed by atoms with Gasteiger partial charge < -0.3 is 5.11 Å². The van der Waals surface area contributed by atoms with E-state index in [0.29, 0.717) is 0 Å². The number of aliphatic hydroxyl groups is 1. The Morgan fingerprint density at radius 3 is 2.08 bits per heavy atom. The van der Waals surface area contributed by atoms with Crippen LogP contribution in [0, 0.1) is 11.8 Å². The van der Waals surface area contributed by atoms with Gasteiger partial charge in [0.1, 0.15) is 0 Å². The number of fused-ring (bicyclic) bond motifs is 2. The monoisotopic (exact) mass is 176 g/mol. The first-order valence-corrected chi connectivity index (χ1v) is 4.64. The number of alkyl halides is 2. The molecule has 0 saturated heterocycles. The van der Waals surface area contributed by atoms with Gasteiger partial charge in [-0.25, -0.2) is 8.78 Å². The minimum atomic E-state index is -2.50. The molecule has 2 bridgehead atoms. The van der Waals surface area contributed by atoms with E-state index in [2.05, 4.69) is 0 Å². The summed E-state index contributed by atoms with van der Waals surface area (Å²) in [5.74, 6) is -2.77. The van der Waals surface area contributed by atoms with E-state index >= 15 is 0 Å². The Bertz CT molecular complexity index is 165. The molecule has 2 aliphatic carbocycles. The zero-order valence-corrected chi connectivity index (χ0v) is 6.97. The lowest BCUT2D eigenvalue weighted by Gasteiger charge is -2.42. The van der Waals surface area contributed by atoms with E-state index in [1.807, 2.05) is 0 Å². The predicted octanol–water partition coefficient (Wildman–Crippen LogP) is 2.19. The minimum Gasteiger partial charge on any atom is -0.393 e. The first kappa shape index (κ1) is 8.42. The second-order valence-electron chi connectivity index (χ2n) is 4.21. The molecule has 2 rings (SSSR count). The number of rotatable bonds is 0. The molecule has 2 aliphatic rings. The van der Waals surface area contributed by atoms with E-state index in [1.54, 1.807) is 0 Å². The molecule has 1 nitrogen and oxygen atoms in total. The van der Waals surface area contributed by atoms with Gasteiger partial charge in [0.25, 0.3) is 0 Å². The van der Waals surface area contributed by atoms with Crippen LogP contribution in [0.1, 0.15) is 32.1 Å². The summed E-state index contributed by atoms with van der Waals surface area (Å²) >= 11 is 0. The second-order valence-corrected chi connectivity index (χ2v) is 4.21. The van der Waals surface area contributed by atoms with Crippen LogP contribution in [0.25, 0.3) is 0 Å². The first-order chi connectivity index (χ1) is 5.58. The van der Waals surface area contributed by atoms with Crippen molar-refractivity contribution < 1.29 is 13.9 Å². The third kappa shape index (κ3) is 1.35. The van der Waals surface area contributed by atoms with Crippen LogP contribution in [0.15, 0.2) is 0 Å². The van der Waals surface area contributed by atoms with Gasteiger partial charge in [-0.05, 0) is 24.7 Å². The van der Waals surface area contributed by atoms with E-state index in [9.17, 15) is 13.9 Å². The summed E-state index contributed by atoms with van der Waals surface area (Å²) in [5, 5.41) is 9.59. The van der Waals surface area contributed by atoms with Crippen molar-refractivity contribution in [2.45, 2.75) is 44.1 Å². The molecule has 2 atom stereocenters. The van der Waals surface area contributed by atoms with Gasteiger partial charge in [0, 0.05) is 12.8 Å². The van der Waals surface area contributed by atoms with Crippen molar-refractivity contribution >= 4 is 0 Å². The summed E-state index contributed by atoms with van der Waals surface area (Å²) in [6, 6.07) is 0. The summed E-state index contributed by atoms with van der Waals surface area (Å²) in [4.78, 5) is 0. The molecule has 0 aromatic heterocycles. The maximum atomic E-state index is 13.0. The van der Waals surface area contributed by atoms with Gasteiger partial charge in [-0.15, -0.1) is 0 Å². The topological polar surface area (TPSA) is 20.2 Å². The Morgan fingerprint density at radius 1 is 1.08 bits per heavy atom. The summed E-state index contributed by atoms with van der Waals surface area (Å²) in [7, 11) is 0. The molecule has 0 spiro atoms. The Hall–Kier alpha value is -0.180. The highest BCUT2D eigenvalue weighted by Crippen LogP contribution is 2.46. The minimum absolute atomic E-state index is 0.0926. The van der Waals surface area contributed by atoms with Gasteiger partial charge in [-0.1, -0.05) is 6.42 Å². The number of hydrogen-bond donors (Lipinski definition) is 1. The average Bonchev–Trinajstić information content (AvgIpc) is 1.92. The standard InChI is InChI=1S/C9H14F2O/c10-9(11)4-6-2-1-3-7(5-9)8(6)12/h6-8,12H,1-5H2. The van der Waals surface area contributed by atoms with Crippen molar-refractivity contribution in [2.24, 2.45) is 11.8 Å². The van der Waals surface area contributed by atoms with Gasteiger partial charge in [-0.3, -0.25) is 0 Å². The Labute approximate surface area is 70.8 Å². The molecule has 0 aromatic rings. The maximum Gasteiger partial charge on any atom is 0.248 e. The van der Waals surface area contributed by atoms with Crippen molar-refractivity contribution in [3.63, 3.8) is 0 Å². The Morgan fingerprint density at radius 2 is 1.58 bits per heavy atom. The zero-order chi connectivity index (χ0) is 8.77. The van der Waals surface area contributed by atoms with E-state index in [1.165, 1.54) is 0 Å². The molecule has 2 unspecified atom stereocenters. The maximum absolute atomic E-state index is 13.0. The molecule has 0 heterocycles. The molecule has 12 heavy (non-hydrogen) atoms. The van der Waals surface area contributed by atoms with Crippen molar-refractivity contribution in [2.75, 3.05) is 0 Å². The van der Waals surface area contributed by atoms with E-state index in [4.69, 9.17) is 0 Å². The molecular weight excluding hydrogens is 162 g/mol. The zero-order valence-electron chi connectivity index (χ0n) is 6.97. The summed E-state index contributed by atoms with van der Waals surface area (Å²) in [6.07, 6.45) is 1.96. The highest BCUT2D eigenvalue weighted by Gasteiger charge is 2.47. The van der Waals surface area contributed by atoms with Crippen LogP contribution in [0.2, 0.25) is 0 Å². The van der Waals surface area contributed by atoms with Gasteiger partial charge >= 0.3 is 0 Å². The van der Waals surface area contributed by atoms with Crippen LogP contribution in [0.3, 0.4) is 0 Å². The fraction of sp³-hybridized carbons (Fsp3) is 1.00. The first-order valence-electron chi connectivity index (χ1n) is 4.64. The smallest absolute Gasteiger partial charge is 0.248 e. The molecule has 2 saturated carbocycles. The number of aliphatic hydroxyl groups excluding tert-OH is 1. The average molecular weight is 176 g/mol. The third-order valence-corrected chi connectivity index (χ3v) is 3.24. The van der Waals surface area contributed by atoms with Crippen LogP contribution in [0.4, 0.5) is 8.78 Å². The van der Waals surface area contributed by atoms with E-state index in [0.717, 1.165) is 19.3 Å². The van der Waals surface area contributed by atoms with E-state index < -0.39 is 12.0 Å². The molecule has 0 radical (unpaired) electrons. The van der Waals surface area contributed by atoms with Crippen LogP contribution in [0.5, 0.6) is 0 Å². The van der Waals surface area contributed by atoms with Crippen molar-refractivity contribution in [1.82, 2.24) is 0 Å². The van der Waals surface area contributed by atoms with E-state index in [-0.39, 0.29) is 24.7 Å². The summed E-state index contributed by atoms with van der Waals surface area (Å²) in [5.41, 5.74) is 0. The molecule has 3 heteroatoms. The van der Waals surface area contributed by atoms with Gasteiger partial charge in [-0.2, -0.15) is 0 Å². The predicted molar refractivity (Wildman–Crippen MR) is 41.0 cm³/mol. The molecule has 0 aliphatic heterocycles. The van der Waals surface area contributed by atoms with Crippen molar-refractivity contribution in [3.8, 4) is 0 Å². The third-order valence-electron chi connectivity index (χ3n) is 3.24. The fourth-order valence-electron chi connectivity index (χ4n) is 2.66. The number of halogens is 2. The van der Waals surface area contributed by atoms with Crippen LogP contribution in [-0.2, 0) is 0 Å². The van der Waals surface area contributed by atoms with Crippen LogP contribution >= 0.6 is 0 Å². The highest BCUT2D eigenvalue weighted by molar-refractivity contribution is 4.92. The molecule has 0 aromatic carbocycles. The normalized spacial score (nSPS) is 45.8. The molecule has 2 fully saturated rings. The lowest BCUT2D eigenvalue weighted by molar-refractivity contribution is -0.136. The Kier molecular flexibility index (Phi) is 1.86. The summed E-state index contributed by atoms with van der Waals surface area (Å²) < 4.78 is 26.0. The highest BCUT2D eigenvalue weighted by atomic mass is 19.3. The van der Waals surface area contributed by atoms with Crippen LogP contribution < -0.4 is 0 Å². The van der Waals surface area contributed by atoms with Crippen molar-refractivity contribution in [3.05, 3.63) is 0 Å².